The molecule has 0 saturated heterocycles. The van der Waals surface area contributed by atoms with Crippen molar-refractivity contribution in [2.24, 2.45) is 0 Å². The zero-order valence-electron chi connectivity index (χ0n) is 10.9. The van der Waals surface area contributed by atoms with Crippen molar-refractivity contribution in [3.8, 4) is 0 Å². The molecule has 1 heterocycles. The molecule has 100 valence electrons. The number of fused-ring (bicyclic) bond motifs is 2. The summed E-state index contributed by atoms with van der Waals surface area (Å²) < 4.78 is 0. The van der Waals surface area contributed by atoms with Gasteiger partial charge in [0.25, 0.3) is 0 Å². The van der Waals surface area contributed by atoms with Crippen molar-refractivity contribution in [3.05, 3.63) is 39.0 Å². The Morgan fingerprint density at radius 1 is 1.26 bits per heavy atom. The van der Waals surface area contributed by atoms with E-state index < -0.39 is 0 Å². The van der Waals surface area contributed by atoms with E-state index in [9.17, 15) is 0 Å². The number of rotatable bonds is 3. The lowest BCUT2D eigenvalue weighted by Crippen LogP contribution is -2.14. The summed E-state index contributed by atoms with van der Waals surface area (Å²) in [4.78, 5) is 4.75. The van der Waals surface area contributed by atoms with Crippen LogP contribution in [0.1, 0.15) is 30.2 Å². The van der Waals surface area contributed by atoms with Gasteiger partial charge in [0.15, 0.2) is 0 Å². The molecule has 1 aromatic heterocycles. The molecule has 0 unspecified atom stereocenters. The Balaban J connectivity index is 2.28. The largest absolute Gasteiger partial charge is 0.313 e. The smallest absolute Gasteiger partial charge is 0.0738 e. The molecule has 2 nitrogen and oxygen atoms in total. The van der Waals surface area contributed by atoms with Crippen LogP contribution < -0.4 is 5.32 Å². The molecule has 0 aliphatic heterocycles. The molecule has 19 heavy (non-hydrogen) atoms. The van der Waals surface area contributed by atoms with Crippen molar-refractivity contribution in [1.29, 1.82) is 0 Å². The second-order valence-electron chi connectivity index (χ2n) is 4.93. The summed E-state index contributed by atoms with van der Waals surface area (Å²) in [6, 6.07) is 3.72. The number of nitrogens with one attached hydrogen (secondary N) is 1. The maximum atomic E-state index is 6.40. The van der Waals surface area contributed by atoms with Gasteiger partial charge in [-0.05, 0) is 49.1 Å². The highest BCUT2D eigenvalue weighted by Crippen LogP contribution is 2.35. The van der Waals surface area contributed by atoms with Crippen molar-refractivity contribution < 1.29 is 0 Å². The van der Waals surface area contributed by atoms with E-state index in [4.69, 9.17) is 28.2 Å². The lowest BCUT2D eigenvalue weighted by molar-refractivity contribution is 0.724. The van der Waals surface area contributed by atoms with Crippen LogP contribution in [0.3, 0.4) is 0 Å². The molecule has 0 saturated carbocycles. The first-order valence-electron chi connectivity index (χ1n) is 6.70. The monoisotopic (exact) mass is 294 g/mol. The van der Waals surface area contributed by atoms with Gasteiger partial charge in [0.05, 0.1) is 10.5 Å². The molecule has 4 heteroatoms. The second kappa shape index (κ2) is 5.28. The molecule has 0 fully saturated rings. The zero-order chi connectivity index (χ0) is 13.4. The van der Waals surface area contributed by atoms with Gasteiger partial charge >= 0.3 is 0 Å². The van der Waals surface area contributed by atoms with E-state index in [2.05, 4.69) is 12.2 Å². The minimum absolute atomic E-state index is 0.650. The van der Waals surface area contributed by atoms with E-state index in [0.29, 0.717) is 10.0 Å². The molecule has 1 aromatic carbocycles. The van der Waals surface area contributed by atoms with E-state index in [1.807, 2.05) is 12.1 Å². The molecule has 1 aliphatic carbocycles. The van der Waals surface area contributed by atoms with Gasteiger partial charge in [0, 0.05) is 22.6 Å². The van der Waals surface area contributed by atoms with Crippen LogP contribution in [0.5, 0.6) is 0 Å². The summed E-state index contributed by atoms with van der Waals surface area (Å²) in [5, 5.41) is 5.83. The molecule has 1 aliphatic rings. The van der Waals surface area contributed by atoms with E-state index >= 15 is 0 Å². The summed E-state index contributed by atoms with van der Waals surface area (Å²) in [5.74, 6) is 0. The lowest BCUT2D eigenvalue weighted by atomic mass is 10.0. The summed E-state index contributed by atoms with van der Waals surface area (Å²) in [7, 11) is 0. The van der Waals surface area contributed by atoms with Crippen LogP contribution in [0.25, 0.3) is 10.9 Å². The topological polar surface area (TPSA) is 24.9 Å². The van der Waals surface area contributed by atoms with E-state index in [1.165, 1.54) is 23.2 Å². The fourth-order valence-electron chi connectivity index (χ4n) is 2.86. The minimum Gasteiger partial charge on any atom is -0.313 e. The van der Waals surface area contributed by atoms with Crippen LogP contribution in [-0.4, -0.2) is 11.5 Å². The van der Waals surface area contributed by atoms with Crippen molar-refractivity contribution in [1.82, 2.24) is 10.3 Å². The molecular weight excluding hydrogens is 279 g/mol. The second-order valence-corrected chi connectivity index (χ2v) is 5.77. The summed E-state index contributed by atoms with van der Waals surface area (Å²) in [5.41, 5.74) is 4.84. The third kappa shape index (κ3) is 2.33. The van der Waals surface area contributed by atoms with Gasteiger partial charge in [-0.2, -0.15) is 0 Å². The number of hydrogen-bond donors (Lipinski definition) is 1. The predicted octanol–water partition coefficient (Wildman–Crippen LogP) is 4.14. The number of hydrogen-bond acceptors (Lipinski definition) is 2. The Morgan fingerprint density at radius 2 is 2.11 bits per heavy atom. The third-order valence-electron chi connectivity index (χ3n) is 3.70. The number of aryl methyl sites for hydroxylation is 1. The van der Waals surface area contributed by atoms with E-state index in [0.717, 1.165) is 36.8 Å². The Bertz CT molecular complexity index is 638. The molecule has 2 aromatic rings. The maximum absolute atomic E-state index is 6.40. The average molecular weight is 295 g/mol. The van der Waals surface area contributed by atoms with Gasteiger partial charge in [0.1, 0.15) is 0 Å². The molecule has 0 atom stereocenters. The quantitative estimate of drug-likeness (QED) is 0.920. The standard InChI is InChI=1S/C15H16Cl2N2/c1-2-18-8-11-10-4-3-5-13(10)19-14-7-9(16)6-12(17)15(11)14/h6-7,18H,2-5,8H2,1H3. The third-order valence-corrected chi connectivity index (χ3v) is 4.21. The van der Waals surface area contributed by atoms with Gasteiger partial charge in [-0.25, -0.2) is 0 Å². The highest BCUT2D eigenvalue weighted by Gasteiger charge is 2.20. The highest BCUT2D eigenvalue weighted by atomic mass is 35.5. The fraction of sp³-hybridized carbons (Fsp3) is 0.400. The number of benzene rings is 1. The molecule has 0 radical (unpaired) electrons. The predicted molar refractivity (Wildman–Crippen MR) is 81.2 cm³/mol. The van der Waals surface area contributed by atoms with Gasteiger partial charge in [-0.3, -0.25) is 4.98 Å². The van der Waals surface area contributed by atoms with Gasteiger partial charge in [-0.15, -0.1) is 0 Å². The minimum atomic E-state index is 0.650. The Labute approximate surface area is 123 Å². The van der Waals surface area contributed by atoms with Crippen LogP contribution in [0.15, 0.2) is 12.1 Å². The first-order chi connectivity index (χ1) is 9.20. The van der Waals surface area contributed by atoms with Crippen molar-refractivity contribution in [2.75, 3.05) is 6.54 Å². The van der Waals surface area contributed by atoms with Crippen molar-refractivity contribution in [3.63, 3.8) is 0 Å². The Kier molecular flexibility index (Phi) is 3.66. The normalized spacial score (nSPS) is 14.1. The highest BCUT2D eigenvalue weighted by molar-refractivity contribution is 6.38. The van der Waals surface area contributed by atoms with Crippen LogP contribution in [-0.2, 0) is 19.4 Å². The van der Waals surface area contributed by atoms with Crippen molar-refractivity contribution in [2.45, 2.75) is 32.7 Å². The SMILES string of the molecule is CCNCc1c2c(nc3cc(Cl)cc(Cl)c13)CCC2. The first-order valence-corrected chi connectivity index (χ1v) is 7.46. The van der Waals surface area contributed by atoms with E-state index in [-0.39, 0.29) is 0 Å². The first kappa shape index (κ1) is 13.2. The molecule has 3 rings (SSSR count). The van der Waals surface area contributed by atoms with Gasteiger partial charge in [-0.1, -0.05) is 30.1 Å². The van der Waals surface area contributed by atoms with Crippen LogP contribution in [0.2, 0.25) is 10.0 Å². The summed E-state index contributed by atoms with van der Waals surface area (Å²) >= 11 is 12.5. The number of nitrogens with zero attached hydrogens (tertiary/aromatic N) is 1. The van der Waals surface area contributed by atoms with Crippen LogP contribution >= 0.6 is 23.2 Å². The van der Waals surface area contributed by atoms with Crippen LogP contribution in [0.4, 0.5) is 0 Å². The fourth-order valence-corrected chi connectivity index (χ4v) is 3.46. The number of pyridine rings is 1. The van der Waals surface area contributed by atoms with Crippen molar-refractivity contribution >= 4 is 34.1 Å². The lowest BCUT2D eigenvalue weighted by Gasteiger charge is -2.14. The number of aromatic nitrogens is 1. The van der Waals surface area contributed by atoms with Gasteiger partial charge < -0.3 is 5.32 Å². The average Bonchev–Trinajstić information content (AvgIpc) is 2.82. The molecule has 0 bridgehead atoms. The summed E-state index contributed by atoms with van der Waals surface area (Å²) in [6.07, 6.45) is 3.36. The zero-order valence-corrected chi connectivity index (χ0v) is 12.4. The Hall–Kier alpha value is -0.830. The van der Waals surface area contributed by atoms with E-state index in [1.54, 1.807) is 0 Å². The maximum Gasteiger partial charge on any atom is 0.0738 e. The molecule has 0 amide bonds. The molecular formula is C15H16Cl2N2. The van der Waals surface area contributed by atoms with Gasteiger partial charge in [0.2, 0.25) is 0 Å². The molecule has 0 spiro atoms. The van der Waals surface area contributed by atoms with Crippen LogP contribution in [0, 0.1) is 0 Å². The summed E-state index contributed by atoms with van der Waals surface area (Å²) in [6.45, 7) is 3.91. The molecule has 1 N–H and O–H groups in total. The Morgan fingerprint density at radius 3 is 2.89 bits per heavy atom. The number of halogens is 2.